The number of guanidine groups is 1. The van der Waals surface area contributed by atoms with E-state index in [9.17, 15) is 4.79 Å². The molecule has 1 atom stereocenters. The molecule has 0 aromatic rings. The van der Waals surface area contributed by atoms with Crippen LogP contribution in [0.1, 0.15) is 33.6 Å². The predicted molar refractivity (Wildman–Crippen MR) is 117 cm³/mol. The molecule has 0 aromatic heterocycles. The summed E-state index contributed by atoms with van der Waals surface area (Å²) in [4.78, 5) is 20.3. The van der Waals surface area contributed by atoms with E-state index in [1.807, 2.05) is 6.92 Å². The highest BCUT2D eigenvalue weighted by Crippen LogP contribution is 2.17. The monoisotopic (exact) mass is 465 g/mol. The average Bonchev–Trinajstić information content (AvgIpc) is 2.92. The largest absolute Gasteiger partial charge is 0.355 e. The van der Waals surface area contributed by atoms with E-state index in [1.165, 1.54) is 19.4 Å². The standard InChI is InChI=1S/C18H35N5O.HI/c1-14(2)10-19-18(21-12-17(24)22(5)6)20-11-16-8-7-9-23(16)13-15(3)4;/h15-16H,1,7-13H2,2-6H3,(H2,19,20,21);1H/t16-;/m1./s1. The molecule has 1 heterocycles. The number of hydrogen-bond donors (Lipinski definition) is 2. The van der Waals surface area contributed by atoms with Crippen molar-refractivity contribution in [2.24, 2.45) is 10.9 Å². The quantitative estimate of drug-likeness (QED) is 0.249. The van der Waals surface area contributed by atoms with Crippen LogP contribution in [0.25, 0.3) is 0 Å². The van der Waals surface area contributed by atoms with Gasteiger partial charge in [0.1, 0.15) is 6.54 Å². The molecule has 146 valence electrons. The highest BCUT2D eigenvalue weighted by Gasteiger charge is 2.24. The van der Waals surface area contributed by atoms with Crippen LogP contribution in [0, 0.1) is 5.92 Å². The summed E-state index contributed by atoms with van der Waals surface area (Å²) in [5, 5.41) is 6.64. The van der Waals surface area contributed by atoms with Crippen molar-refractivity contribution in [2.45, 2.75) is 39.7 Å². The number of carbonyl (C=O) groups is 1. The van der Waals surface area contributed by atoms with E-state index in [2.05, 4.69) is 41.0 Å². The average molecular weight is 465 g/mol. The molecular weight excluding hydrogens is 429 g/mol. The molecule has 1 aliphatic heterocycles. The summed E-state index contributed by atoms with van der Waals surface area (Å²) in [6, 6.07) is 0.536. The zero-order valence-corrected chi connectivity index (χ0v) is 18.8. The molecule has 0 unspecified atom stereocenters. The molecular formula is C18H36IN5O. The molecule has 25 heavy (non-hydrogen) atoms. The van der Waals surface area contributed by atoms with E-state index in [-0.39, 0.29) is 36.4 Å². The summed E-state index contributed by atoms with van der Waals surface area (Å²) in [7, 11) is 3.49. The van der Waals surface area contributed by atoms with Crippen LogP contribution in [-0.4, -0.2) is 74.5 Å². The summed E-state index contributed by atoms with van der Waals surface area (Å²) < 4.78 is 0. The van der Waals surface area contributed by atoms with Crippen molar-refractivity contribution in [3.8, 4) is 0 Å². The Bertz CT molecular complexity index is 451. The van der Waals surface area contributed by atoms with Gasteiger partial charge in [0.2, 0.25) is 5.91 Å². The lowest BCUT2D eigenvalue weighted by Crippen LogP contribution is -2.46. The number of amides is 1. The minimum Gasteiger partial charge on any atom is -0.355 e. The first-order valence-corrected chi connectivity index (χ1v) is 8.90. The second-order valence-corrected chi connectivity index (χ2v) is 7.33. The fraction of sp³-hybridized carbons (Fsp3) is 0.778. The van der Waals surface area contributed by atoms with Crippen LogP contribution < -0.4 is 10.6 Å². The zero-order valence-electron chi connectivity index (χ0n) is 16.5. The maximum absolute atomic E-state index is 11.8. The van der Waals surface area contributed by atoms with Gasteiger partial charge in [-0.3, -0.25) is 9.69 Å². The van der Waals surface area contributed by atoms with Gasteiger partial charge in [-0.15, -0.1) is 24.0 Å². The number of nitrogens with zero attached hydrogens (tertiary/aromatic N) is 3. The van der Waals surface area contributed by atoms with Crippen LogP contribution in [0.15, 0.2) is 17.1 Å². The Balaban J connectivity index is 0.00000576. The summed E-state index contributed by atoms with van der Waals surface area (Å²) in [5.41, 5.74) is 1.03. The Labute approximate surface area is 170 Å². The topological polar surface area (TPSA) is 60.0 Å². The molecule has 0 saturated carbocycles. The third-order valence-electron chi connectivity index (χ3n) is 4.03. The van der Waals surface area contributed by atoms with Crippen LogP contribution in [0.4, 0.5) is 0 Å². The van der Waals surface area contributed by atoms with Gasteiger partial charge in [0.25, 0.3) is 0 Å². The Morgan fingerprint density at radius 2 is 2.04 bits per heavy atom. The van der Waals surface area contributed by atoms with Crippen LogP contribution in [0.3, 0.4) is 0 Å². The van der Waals surface area contributed by atoms with E-state index >= 15 is 0 Å². The molecule has 0 radical (unpaired) electrons. The molecule has 0 spiro atoms. The molecule has 7 heteroatoms. The Kier molecular flexibility index (Phi) is 12.1. The number of aliphatic imine (C=N–C) groups is 1. The Morgan fingerprint density at radius 3 is 2.60 bits per heavy atom. The van der Waals surface area contributed by atoms with Crippen molar-refractivity contribution in [3.05, 3.63) is 12.2 Å². The van der Waals surface area contributed by atoms with Gasteiger partial charge in [-0.2, -0.15) is 0 Å². The highest BCUT2D eigenvalue weighted by molar-refractivity contribution is 14.0. The van der Waals surface area contributed by atoms with Crippen molar-refractivity contribution >= 4 is 35.8 Å². The minimum atomic E-state index is -0.00581. The van der Waals surface area contributed by atoms with Gasteiger partial charge < -0.3 is 15.5 Å². The van der Waals surface area contributed by atoms with Gasteiger partial charge in [-0.05, 0) is 32.2 Å². The van der Waals surface area contributed by atoms with Gasteiger partial charge >= 0.3 is 0 Å². The summed E-state index contributed by atoms with van der Waals surface area (Å²) in [6.45, 7) is 14.4. The van der Waals surface area contributed by atoms with Crippen molar-refractivity contribution in [2.75, 3.05) is 46.8 Å². The Hall–Kier alpha value is -0.830. The predicted octanol–water partition coefficient (Wildman–Crippen LogP) is 1.92. The van der Waals surface area contributed by atoms with E-state index < -0.39 is 0 Å². The second-order valence-electron chi connectivity index (χ2n) is 7.33. The fourth-order valence-corrected chi connectivity index (χ4v) is 2.75. The van der Waals surface area contributed by atoms with Crippen molar-refractivity contribution in [1.29, 1.82) is 0 Å². The first-order chi connectivity index (χ1) is 11.3. The SMILES string of the molecule is C=C(C)CNC(=NCC(=O)N(C)C)NC[C@H]1CCCN1CC(C)C.I. The Morgan fingerprint density at radius 1 is 1.36 bits per heavy atom. The number of hydrogen-bond acceptors (Lipinski definition) is 3. The van der Waals surface area contributed by atoms with Crippen LogP contribution in [0.2, 0.25) is 0 Å². The number of likely N-dealkylation sites (tertiary alicyclic amines) is 1. The van der Waals surface area contributed by atoms with E-state index in [0.29, 0.717) is 24.5 Å². The first kappa shape index (κ1) is 24.2. The van der Waals surface area contributed by atoms with Crippen LogP contribution >= 0.6 is 24.0 Å². The molecule has 2 N–H and O–H groups in total. The summed E-state index contributed by atoms with van der Waals surface area (Å²) in [5.74, 6) is 1.36. The van der Waals surface area contributed by atoms with Crippen LogP contribution in [0.5, 0.6) is 0 Å². The molecule has 1 saturated heterocycles. The smallest absolute Gasteiger partial charge is 0.243 e. The zero-order chi connectivity index (χ0) is 18.1. The number of carbonyl (C=O) groups excluding carboxylic acids is 1. The van der Waals surface area contributed by atoms with Gasteiger partial charge in [-0.1, -0.05) is 26.0 Å². The number of rotatable bonds is 8. The molecule has 1 rings (SSSR count). The number of likely N-dealkylation sites (N-methyl/N-ethyl adjacent to an activating group) is 1. The number of halogens is 1. The molecule has 0 aromatic carbocycles. The molecule has 0 aliphatic carbocycles. The molecule has 1 amide bonds. The molecule has 6 nitrogen and oxygen atoms in total. The molecule has 1 aliphatic rings. The van der Waals surface area contributed by atoms with E-state index in [4.69, 9.17) is 0 Å². The van der Waals surface area contributed by atoms with Crippen molar-refractivity contribution in [3.63, 3.8) is 0 Å². The summed E-state index contributed by atoms with van der Waals surface area (Å²) >= 11 is 0. The van der Waals surface area contributed by atoms with Gasteiger partial charge in [-0.25, -0.2) is 4.99 Å². The van der Waals surface area contributed by atoms with Crippen molar-refractivity contribution in [1.82, 2.24) is 20.4 Å². The lowest BCUT2D eigenvalue weighted by molar-refractivity contribution is -0.127. The van der Waals surface area contributed by atoms with Gasteiger partial charge in [0.05, 0.1) is 0 Å². The maximum Gasteiger partial charge on any atom is 0.243 e. The lowest BCUT2D eigenvalue weighted by atomic mass is 10.1. The first-order valence-electron chi connectivity index (χ1n) is 8.90. The number of nitrogens with one attached hydrogen (secondary N) is 2. The molecule has 0 bridgehead atoms. The maximum atomic E-state index is 11.8. The highest BCUT2D eigenvalue weighted by atomic mass is 127. The van der Waals surface area contributed by atoms with Crippen LogP contribution in [-0.2, 0) is 4.79 Å². The third kappa shape index (κ3) is 10.0. The van der Waals surface area contributed by atoms with Gasteiger partial charge in [0.15, 0.2) is 5.96 Å². The third-order valence-corrected chi connectivity index (χ3v) is 4.03. The normalized spacial score (nSPS) is 18.0. The van der Waals surface area contributed by atoms with Crippen molar-refractivity contribution < 1.29 is 4.79 Å². The molecule has 1 fully saturated rings. The van der Waals surface area contributed by atoms with E-state index in [1.54, 1.807) is 19.0 Å². The second kappa shape index (κ2) is 12.5. The van der Waals surface area contributed by atoms with E-state index in [0.717, 1.165) is 18.7 Å². The van der Waals surface area contributed by atoms with Gasteiger partial charge in [0, 0.05) is 39.8 Å². The fourth-order valence-electron chi connectivity index (χ4n) is 2.75. The minimum absolute atomic E-state index is 0. The lowest BCUT2D eigenvalue weighted by Gasteiger charge is -2.27. The summed E-state index contributed by atoms with van der Waals surface area (Å²) in [6.07, 6.45) is 2.47.